The van der Waals surface area contributed by atoms with E-state index in [1.165, 1.54) is 11.1 Å². The van der Waals surface area contributed by atoms with Gasteiger partial charge in [0.2, 0.25) is 0 Å². The lowest BCUT2D eigenvalue weighted by atomic mass is 9.98. The maximum Gasteiger partial charge on any atom is 0.411 e. The molecule has 4 rings (SSSR count). The molecule has 6 nitrogen and oxygen atoms in total. The molecule has 1 aliphatic rings. The SMILES string of the molecule is Cc1ccncc1C(C(=O)O)N(C(=O)OCC1c2ccccc2-c2ccccc21)C(C)C. The van der Waals surface area contributed by atoms with Gasteiger partial charge in [0.05, 0.1) is 0 Å². The van der Waals surface area contributed by atoms with E-state index in [4.69, 9.17) is 4.74 Å². The smallest absolute Gasteiger partial charge is 0.411 e. The summed E-state index contributed by atoms with van der Waals surface area (Å²) in [6, 6.07) is 16.4. The summed E-state index contributed by atoms with van der Waals surface area (Å²) in [5.74, 6) is -1.22. The Hall–Kier alpha value is -3.67. The molecular formula is C26H26N2O4. The van der Waals surface area contributed by atoms with Gasteiger partial charge in [-0.3, -0.25) is 9.88 Å². The maximum atomic E-state index is 13.2. The van der Waals surface area contributed by atoms with Gasteiger partial charge in [-0.05, 0) is 54.7 Å². The summed E-state index contributed by atoms with van der Waals surface area (Å²) >= 11 is 0. The summed E-state index contributed by atoms with van der Waals surface area (Å²) in [6.07, 6.45) is 2.45. The summed E-state index contributed by atoms with van der Waals surface area (Å²) in [5, 5.41) is 9.98. The fourth-order valence-electron chi connectivity index (χ4n) is 4.45. The summed E-state index contributed by atoms with van der Waals surface area (Å²) in [4.78, 5) is 30.8. The number of aryl methyl sites for hydroxylation is 1. The predicted octanol–water partition coefficient (Wildman–Crippen LogP) is 5.18. The zero-order valence-corrected chi connectivity index (χ0v) is 18.4. The molecule has 164 valence electrons. The monoisotopic (exact) mass is 430 g/mol. The molecule has 2 aromatic carbocycles. The van der Waals surface area contributed by atoms with Gasteiger partial charge in [0.1, 0.15) is 6.61 Å². The first-order valence-corrected chi connectivity index (χ1v) is 10.7. The minimum Gasteiger partial charge on any atom is -0.479 e. The van der Waals surface area contributed by atoms with Crippen molar-refractivity contribution in [1.82, 2.24) is 9.88 Å². The number of carboxylic acids is 1. The highest BCUT2D eigenvalue weighted by Crippen LogP contribution is 2.44. The number of fused-ring (bicyclic) bond motifs is 3. The van der Waals surface area contributed by atoms with Crippen LogP contribution in [0.1, 0.15) is 48.1 Å². The van der Waals surface area contributed by atoms with Crippen molar-refractivity contribution in [3.8, 4) is 11.1 Å². The van der Waals surface area contributed by atoms with Crippen molar-refractivity contribution in [3.05, 3.63) is 89.2 Å². The van der Waals surface area contributed by atoms with Crippen LogP contribution in [0.4, 0.5) is 4.79 Å². The van der Waals surface area contributed by atoms with Crippen molar-refractivity contribution in [3.63, 3.8) is 0 Å². The fourth-order valence-corrected chi connectivity index (χ4v) is 4.45. The molecule has 3 aromatic rings. The van der Waals surface area contributed by atoms with Gasteiger partial charge in [-0.25, -0.2) is 9.59 Å². The number of hydrogen-bond donors (Lipinski definition) is 1. The van der Waals surface area contributed by atoms with E-state index in [9.17, 15) is 14.7 Å². The van der Waals surface area contributed by atoms with Crippen LogP contribution < -0.4 is 0 Å². The largest absolute Gasteiger partial charge is 0.479 e. The molecule has 1 aliphatic carbocycles. The summed E-state index contributed by atoms with van der Waals surface area (Å²) < 4.78 is 5.76. The maximum absolute atomic E-state index is 13.2. The van der Waals surface area contributed by atoms with Crippen molar-refractivity contribution in [2.75, 3.05) is 6.61 Å². The molecule has 0 saturated heterocycles. The van der Waals surface area contributed by atoms with E-state index in [-0.39, 0.29) is 18.6 Å². The van der Waals surface area contributed by atoms with Crippen LogP contribution in [0, 0.1) is 6.92 Å². The van der Waals surface area contributed by atoms with Crippen molar-refractivity contribution < 1.29 is 19.4 Å². The standard InChI is InChI=1S/C26H26N2O4/c1-16(2)28(24(25(29)30)22-14-27-13-12-17(22)3)26(31)32-15-23-20-10-6-4-8-18(20)19-9-5-7-11-21(19)23/h4-14,16,23-24H,15H2,1-3H3,(H,29,30). The van der Waals surface area contributed by atoms with Crippen molar-refractivity contribution in [1.29, 1.82) is 0 Å². The van der Waals surface area contributed by atoms with Gasteiger partial charge in [0, 0.05) is 29.9 Å². The molecule has 0 fully saturated rings. The lowest BCUT2D eigenvalue weighted by molar-refractivity contribution is -0.143. The number of amides is 1. The highest BCUT2D eigenvalue weighted by atomic mass is 16.6. The first-order chi connectivity index (χ1) is 15.4. The quantitative estimate of drug-likeness (QED) is 0.583. The van der Waals surface area contributed by atoms with Gasteiger partial charge < -0.3 is 9.84 Å². The lowest BCUT2D eigenvalue weighted by Gasteiger charge is -2.32. The molecule has 6 heteroatoms. The number of aromatic nitrogens is 1. The van der Waals surface area contributed by atoms with E-state index in [1.807, 2.05) is 43.3 Å². The van der Waals surface area contributed by atoms with Crippen LogP contribution in [0.3, 0.4) is 0 Å². The van der Waals surface area contributed by atoms with Crippen LogP contribution in [-0.2, 0) is 9.53 Å². The number of ether oxygens (including phenoxy) is 1. The highest BCUT2D eigenvalue weighted by molar-refractivity contribution is 5.82. The molecule has 1 N–H and O–H groups in total. The van der Waals surface area contributed by atoms with E-state index < -0.39 is 18.1 Å². The van der Waals surface area contributed by atoms with E-state index in [0.717, 1.165) is 27.8 Å². The minimum atomic E-state index is -1.18. The summed E-state index contributed by atoms with van der Waals surface area (Å²) in [5.41, 5.74) is 5.72. The van der Waals surface area contributed by atoms with Crippen LogP contribution in [0.2, 0.25) is 0 Å². The fraction of sp³-hybridized carbons (Fsp3) is 0.269. The number of carbonyl (C=O) groups excluding carboxylic acids is 1. The number of benzene rings is 2. The number of carboxylic acid groups (broad SMARTS) is 1. The minimum absolute atomic E-state index is 0.0937. The number of rotatable bonds is 6. The topological polar surface area (TPSA) is 79.7 Å². The van der Waals surface area contributed by atoms with Crippen LogP contribution in [0.5, 0.6) is 0 Å². The molecule has 1 atom stereocenters. The van der Waals surface area contributed by atoms with Crippen molar-refractivity contribution in [2.45, 2.75) is 38.8 Å². The van der Waals surface area contributed by atoms with Gasteiger partial charge in [-0.2, -0.15) is 0 Å². The van der Waals surface area contributed by atoms with Crippen LogP contribution >= 0.6 is 0 Å². The van der Waals surface area contributed by atoms with Gasteiger partial charge in [0.25, 0.3) is 0 Å². The molecule has 1 unspecified atom stereocenters. The van der Waals surface area contributed by atoms with Gasteiger partial charge in [-0.15, -0.1) is 0 Å². The molecule has 1 aromatic heterocycles. The normalized spacial score (nSPS) is 13.4. The number of nitrogens with zero attached hydrogens (tertiary/aromatic N) is 2. The number of hydrogen-bond acceptors (Lipinski definition) is 4. The number of pyridine rings is 1. The van der Waals surface area contributed by atoms with Crippen LogP contribution in [0.15, 0.2) is 67.0 Å². The Labute approximate surface area is 187 Å². The third kappa shape index (κ3) is 3.84. The van der Waals surface area contributed by atoms with E-state index >= 15 is 0 Å². The third-order valence-corrected chi connectivity index (χ3v) is 5.99. The van der Waals surface area contributed by atoms with Gasteiger partial charge >= 0.3 is 12.1 Å². The van der Waals surface area contributed by atoms with Gasteiger partial charge in [-0.1, -0.05) is 48.5 Å². The van der Waals surface area contributed by atoms with E-state index in [0.29, 0.717) is 5.56 Å². The second-order valence-corrected chi connectivity index (χ2v) is 8.28. The molecule has 0 saturated carbocycles. The average molecular weight is 431 g/mol. The van der Waals surface area contributed by atoms with E-state index in [2.05, 4.69) is 17.1 Å². The molecule has 1 amide bonds. The molecule has 0 radical (unpaired) electrons. The molecule has 0 spiro atoms. The summed E-state index contributed by atoms with van der Waals surface area (Å²) in [6.45, 7) is 5.50. The highest BCUT2D eigenvalue weighted by Gasteiger charge is 2.36. The molecule has 1 heterocycles. The van der Waals surface area contributed by atoms with Crippen LogP contribution in [0.25, 0.3) is 11.1 Å². The number of aliphatic carboxylic acids is 1. The molecule has 32 heavy (non-hydrogen) atoms. The zero-order chi connectivity index (χ0) is 22.8. The average Bonchev–Trinajstić information content (AvgIpc) is 3.10. The second kappa shape index (κ2) is 8.83. The Morgan fingerprint density at radius 3 is 2.16 bits per heavy atom. The summed E-state index contributed by atoms with van der Waals surface area (Å²) in [7, 11) is 0. The first-order valence-electron chi connectivity index (χ1n) is 10.7. The predicted molar refractivity (Wildman–Crippen MR) is 121 cm³/mol. The van der Waals surface area contributed by atoms with Crippen LogP contribution in [-0.4, -0.2) is 39.7 Å². The Kier molecular flexibility index (Phi) is 5.95. The van der Waals surface area contributed by atoms with Gasteiger partial charge in [0.15, 0.2) is 6.04 Å². The van der Waals surface area contributed by atoms with Crippen molar-refractivity contribution >= 4 is 12.1 Å². The molecular weight excluding hydrogens is 404 g/mol. The first kappa shape index (κ1) is 21.6. The Morgan fingerprint density at radius 1 is 1.03 bits per heavy atom. The Bertz CT molecular complexity index is 1110. The Morgan fingerprint density at radius 2 is 1.62 bits per heavy atom. The lowest BCUT2D eigenvalue weighted by Crippen LogP contribution is -2.44. The zero-order valence-electron chi connectivity index (χ0n) is 18.4. The second-order valence-electron chi connectivity index (χ2n) is 8.28. The van der Waals surface area contributed by atoms with Crippen molar-refractivity contribution in [2.24, 2.45) is 0 Å². The number of carbonyl (C=O) groups is 2. The third-order valence-electron chi connectivity index (χ3n) is 5.99. The Balaban J connectivity index is 1.61. The molecule has 0 aliphatic heterocycles. The molecule has 0 bridgehead atoms. The van der Waals surface area contributed by atoms with E-state index in [1.54, 1.807) is 26.1 Å².